The molecule has 0 spiro atoms. The number of nitrogens with one attached hydrogen (secondary N) is 2. The van der Waals surface area contributed by atoms with E-state index in [2.05, 4.69) is 15.3 Å². The zero-order valence-electron chi connectivity index (χ0n) is 14.9. The average molecular weight is 338 g/mol. The predicted octanol–water partition coefficient (Wildman–Crippen LogP) is 2.85. The van der Waals surface area contributed by atoms with Gasteiger partial charge < -0.3 is 10.3 Å². The lowest BCUT2D eigenvalue weighted by atomic mass is 10.1. The highest BCUT2D eigenvalue weighted by molar-refractivity contribution is 5.92. The largest absolute Gasteiger partial charge is 0.343 e. The number of aromatic amines is 1. The number of nitrogens with zero attached hydrogens (tertiary/aromatic N) is 2. The predicted molar refractivity (Wildman–Crippen MR) is 99.0 cm³/mol. The van der Waals surface area contributed by atoms with E-state index in [4.69, 9.17) is 0 Å². The molecular weight excluding hydrogens is 316 g/mol. The number of carbonyl (C=O) groups excluding carboxylic acids is 1. The lowest BCUT2D eigenvalue weighted by Crippen LogP contribution is -2.30. The first-order valence-electron chi connectivity index (χ1n) is 8.35. The number of aromatic nitrogens is 3. The SMILES string of the molecule is CCc1cccc(C)c1NC(=O)Cn1c(C)nc2[nH]c(C)cc2c1=O. The van der Waals surface area contributed by atoms with Crippen molar-refractivity contribution in [2.45, 2.75) is 40.7 Å². The number of carbonyl (C=O) groups is 1. The highest BCUT2D eigenvalue weighted by Gasteiger charge is 2.14. The molecule has 130 valence electrons. The average Bonchev–Trinajstić information content (AvgIpc) is 2.94. The number of anilines is 1. The Bertz CT molecular complexity index is 1010. The van der Waals surface area contributed by atoms with Gasteiger partial charge in [-0.2, -0.15) is 0 Å². The van der Waals surface area contributed by atoms with Crippen molar-refractivity contribution in [2.24, 2.45) is 0 Å². The van der Waals surface area contributed by atoms with E-state index in [0.29, 0.717) is 16.9 Å². The minimum Gasteiger partial charge on any atom is -0.343 e. The molecule has 25 heavy (non-hydrogen) atoms. The molecule has 1 aromatic carbocycles. The van der Waals surface area contributed by atoms with Crippen molar-refractivity contribution in [3.63, 3.8) is 0 Å². The van der Waals surface area contributed by atoms with Crippen LogP contribution in [-0.2, 0) is 17.8 Å². The minimum absolute atomic E-state index is 0.0602. The molecule has 0 aliphatic heterocycles. The monoisotopic (exact) mass is 338 g/mol. The van der Waals surface area contributed by atoms with Crippen LogP contribution in [0.4, 0.5) is 5.69 Å². The summed E-state index contributed by atoms with van der Waals surface area (Å²) in [6.07, 6.45) is 0.826. The minimum atomic E-state index is -0.234. The van der Waals surface area contributed by atoms with Crippen LogP contribution in [0.2, 0.25) is 0 Å². The molecule has 2 aromatic heterocycles. The number of benzene rings is 1. The molecule has 0 radical (unpaired) electrons. The first-order chi connectivity index (χ1) is 11.9. The zero-order chi connectivity index (χ0) is 18.1. The summed E-state index contributed by atoms with van der Waals surface area (Å²) in [5, 5.41) is 3.45. The Morgan fingerprint density at radius 1 is 1.28 bits per heavy atom. The van der Waals surface area contributed by atoms with Gasteiger partial charge in [-0.3, -0.25) is 14.2 Å². The molecule has 0 saturated heterocycles. The van der Waals surface area contributed by atoms with E-state index < -0.39 is 0 Å². The van der Waals surface area contributed by atoms with Gasteiger partial charge >= 0.3 is 0 Å². The molecule has 0 aliphatic carbocycles. The molecule has 0 saturated carbocycles. The van der Waals surface area contributed by atoms with Gasteiger partial charge in [0.05, 0.1) is 5.39 Å². The van der Waals surface area contributed by atoms with Crippen LogP contribution in [0.5, 0.6) is 0 Å². The number of aryl methyl sites for hydroxylation is 4. The maximum Gasteiger partial charge on any atom is 0.263 e. The molecule has 0 fully saturated rings. The second kappa shape index (κ2) is 6.55. The summed E-state index contributed by atoms with van der Waals surface area (Å²) in [6, 6.07) is 7.69. The van der Waals surface area contributed by atoms with Crippen LogP contribution < -0.4 is 10.9 Å². The number of para-hydroxylation sites is 1. The standard InChI is InChI=1S/C19H22N4O2/c1-5-14-8-6-7-11(2)17(14)22-16(24)10-23-13(4)21-18-15(19(23)25)9-12(3)20-18/h6-9,20H,5,10H2,1-4H3,(H,22,24). The van der Waals surface area contributed by atoms with Crippen molar-refractivity contribution in [3.8, 4) is 0 Å². The van der Waals surface area contributed by atoms with Gasteiger partial charge in [-0.05, 0) is 44.4 Å². The van der Waals surface area contributed by atoms with Crippen LogP contribution in [0.25, 0.3) is 11.0 Å². The van der Waals surface area contributed by atoms with Crippen molar-refractivity contribution in [3.05, 3.63) is 57.3 Å². The van der Waals surface area contributed by atoms with Crippen LogP contribution >= 0.6 is 0 Å². The molecule has 6 nitrogen and oxygen atoms in total. The summed E-state index contributed by atoms with van der Waals surface area (Å²) in [4.78, 5) is 32.7. The molecule has 0 aliphatic rings. The van der Waals surface area contributed by atoms with E-state index in [-0.39, 0.29) is 18.0 Å². The molecule has 0 bridgehead atoms. The second-order valence-electron chi connectivity index (χ2n) is 6.28. The van der Waals surface area contributed by atoms with E-state index in [0.717, 1.165) is 28.9 Å². The van der Waals surface area contributed by atoms with E-state index in [1.807, 2.05) is 39.0 Å². The molecule has 0 atom stereocenters. The number of H-pyrrole nitrogens is 1. The Balaban J connectivity index is 1.92. The summed E-state index contributed by atoms with van der Waals surface area (Å²) in [5.74, 6) is 0.276. The maximum absolute atomic E-state index is 12.7. The van der Waals surface area contributed by atoms with E-state index >= 15 is 0 Å². The van der Waals surface area contributed by atoms with Gasteiger partial charge in [0.2, 0.25) is 5.91 Å². The molecule has 2 heterocycles. The van der Waals surface area contributed by atoms with E-state index in [1.54, 1.807) is 13.0 Å². The Labute approximate surface area is 145 Å². The van der Waals surface area contributed by atoms with Crippen LogP contribution in [0.3, 0.4) is 0 Å². The van der Waals surface area contributed by atoms with Gasteiger partial charge in [0.15, 0.2) is 0 Å². The fourth-order valence-electron chi connectivity index (χ4n) is 3.05. The lowest BCUT2D eigenvalue weighted by molar-refractivity contribution is -0.116. The number of fused-ring (bicyclic) bond motifs is 1. The van der Waals surface area contributed by atoms with Crippen LogP contribution in [-0.4, -0.2) is 20.4 Å². The van der Waals surface area contributed by atoms with Gasteiger partial charge in [0, 0.05) is 11.4 Å². The van der Waals surface area contributed by atoms with Gasteiger partial charge in [-0.25, -0.2) is 4.98 Å². The third kappa shape index (κ3) is 3.20. The van der Waals surface area contributed by atoms with Gasteiger partial charge in [0.25, 0.3) is 5.56 Å². The van der Waals surface area contributed by atoms with Crippen LogP contribution in [0.15, 0.2) is 29.1 Å². The first-order valence-corrected chi connectivity index (χ1v) is 8.35. The van der Waals surface area contributed by atoms with E-state index in [9.17, 15) is 9.59 Å². The molecule has 3 aromatic rings. The fraction of sp³-hybridized carbons (Fsp3) is 0.316. The quantitative estimate of drug-likeness (QED) is 0.768. The number of hydrogen-bond acceptors (Lipinski definition) is 3. The summed E-state index contributed by atoms with van der Waals surface area (Å²) in [5.41, 5.74) is 4.13. The zero-order valence-corrected chi connectivity index (χ0v) is 14.9. The van der Waals surface area contributed by atoms with Crippen LogP contribution in [0, 0.1) is 20.8 Å². The van der Waals surface area contributed by atoms with E-state index in [1.165, 1.54) is 4.57 Å². The first kappa shape index (κ1) is 17.0. The highest BCUT2D eigenvalue weighted by Crippen LogP contribution is 2.21. The third-order valence-corrected chi connectivity index (χ3v) is 4.38. The Hall–Kier alpha value is -2.89. The summed E-state index contributed by atoms with van der Waals surface area (Å²) >= 11 is 0. The number of rotatable bonds is 4. The molecular formula is C19H22N4O2. The van der Waals surface area contributed by atoms with Crippen molar-refractivity contribution in [1.82, 2.24) is 14.5 Å². The lowest BCUT2D eigenvalue weighted by Gasteiger charge is -2.14. The number of amides is 1. The van der Waals surface area contributed by atoms with Crippen molar-refractivity contribution in [2.75, 3.05) is 5.32 Å². The Morgan fingerprint density at radius 2 is 2.04 bits per heavy atom. The smallest absolute Gasteiger partial charge is 0.263 e. The third-order valence-electron chi connectivity index (χ3n) is 4.38. The molecule has 2 N–H and O–H groups in total. The number of hydrogen-bond donors (Lipinski definition) is 2. The normalized spacial score (nSPS) is 11.0. The van der Waals surface area contributed by atoms with Crippen molar-refractivity contribution in [1.29, 1.82) is 0 Å². The summed E-state index contributed by atoms with van der Waals surface area (Å²) < 4.78 is 1.41. The fourth-order valence-corrected chi connectivity index (χ4v) is 3.05. The second-order valence-corrected chi connectivity index (χ2v) is 6.28. The Kier molecular flexibility index (Phi) is 4.44. The van der Waals surface area contributed by atoms with Gasteiger partial charge in [0.1, 0.15) is 18.0 Å². The summed E-state index contributed by atoms with van der Waals surface area (Å²) in [6.45, 7) is 7.55. The molecule has 6 heteroatoms. The maximum atomic E-state index is 12.7. The molecule has 3 rings (SSSR count). The Morgan fingerprint density at radius 3 is 2.76 bits per heavy atom. The van der Waals surface area contributed by atoms with Gasteiger partial charge in [-0.15, -0.1) is 0 Å². The highest BCUT2D eigenvalue weighted by atomic mass is 16.2. The van der Waals surface area contributed by atoms with Crippen molar-refractivity contribution < 1.29 is 4.79 Å². The topological polar surface area (TPSA) is 79.8 Å². The van der Waals surface area contributed by atoms with Crippen molar-refractivity contribution >= 4 is 22.6 Å². The molecule has 1 amide bonds. The summed E-state index contributed by atoms with van der Waals surface area (Å²) in [7, 11) is 0. The van der Waals surface area contributed by atoms with Gasteiger partial charge in [-0.1, -0.05) is 25.1 Å². The van der Waals surface area contributed by atoms with Crippen LogP contribution in [0.1, 0.15) is 29.6 Å². The molecule has 0 unspecified atom stereocenters.